The molecule has 1 atom stereocenters. The number of ketones is 1. The first kappa shape index (κ1) is 24.1. The first-order valence-electron chi connectivity index (χ1n) is 12.5. The van der Waals surface area contributed by atoms with E-state index in [1.54, 1.807) is 30.0 Å². The summed E-state index contributed by atoms with van der Waals surface area (Å²) >= 11 is 0. The zero-order valence-corrected chi connectivity index (χ0v) is 20.7. The van der Waals surface area contributed by atoms with Crippen LogP contribution < -0.4 is 19.1 Å². The van der Waals surface area contributed by atoms with E-state index < -0.39 is 6.10 Å². The van der Waals surface area contributed by atoms with Crippen molar-refractivity contribution in [3.63, 3.8) is 0 Å². The standard InChI is InChI=1S/C27H31N3O6/c1-3-4-22(31)20-6-8-23-21(14-20)30(27(33)18(2)36-23)16-26(32)29-11-9-28(10-12-29)15-19-5-7-24-25(13-19)35-17-34-24/h5-8,13-14,18H,3-4,9-12,15-17H2,1-2H3. The van der Waals surface area contributed by atoms with Crippen molar-refractivity contribution in [2.75, 3.05) is 44.4 Å². The first-order valence-corrected chi connectivity index (χ1v) is 12.5. The summed E-state index contributed by atoms with van der Waals surface area (Å²) in [5, 5.41) is 0. The highest BCUT2D eigenvalue weighted by atomic mass is 16.7. The van der Waals surface area contributed by atoms with Gasteiger partial charge in [0.15, 0.2) is 23.4 Å². The fourth-order valence-electron chi connectivity index (χ4n) is 4.80. The Morgan fingerprint density at radius 3 is 2.50 bits per heavy atom. The van der Waals surface area contributed by atoms with Crippen LogP contribution in [-0.2, 0) is 16.1 Å². The van der Waals surface area contributed by atoms with Gasteiger partial charge in [-0.15, -0.1) is 0 Å². The lowest BCUT2D eigenvalue weighted by Crippen LogP contribution is -2.53. The Morgan fingerprint density at radius 1 is 0.972 bits per heavy atom. The Kier molecular flexibility index (Phi) is 6.82. The Labute approximate surface area is 210 Å². The third-order valence-electron chi connectivity index (χ3n) is 6.83. The molecule has 0 aliphatic carbocycles. The molecule has 3 heterocycles. The number of benzene rings is 2. The monoisotopic (exact) mass is 493 g/mol. The summed E-state index contributed by atoms with van der Waals surface area (Å²) in [6.07, 6.45) is 0.478. The van der Waals surface area contributed by atoms with Crippen molar-refractivity contribution >= 4 is 23.3 Å². The van der Waals surface area contributed by atoms with E-state index in [0.29, 0.717) is 36.5 Å². The van der Waals surface area contributed by atoms with E-state index in [2.05, 4.69) is 4.90 Å². The summed E-state index contributed by atoms with van der Waals surface area (Å²) in [7, 11) is 0. The second-order valence-corrected chi connectivity index (χ2v) is 9.38. The summed E-state index contributed by atoms with van der Waals surface area (Å²) in [5.74, 6) is 1.66. The van der Waals surface area contributed by atoms with Gasteiger partial charge in [0.1, 0.15) is 12.3 Å². The third-order valence-corrected chi connectivity index (χ3v) is 6.83. The summed E-state index contributed by atoms with van der Waals surface area (Å²) in [5.41, 5.74) is 2.14. The number of hydrogen-bond donors (Lipinski definition) is 0. The van der Waals surface area contributed by atoms with Crippen LogP contribution in [0.1, 0.15) is 42.6 Å². The molecule has 1 unspecified atom stereocenters. The number of piperazine rings is 1. The Hall–Kier alpha value is -3.59. The van der Waals surface area contributed by atoms with Crippen LogP contribution in [0.25, 0.3) is 0 Å². The lowest BCUT2D eigenvalue weighted by atomic mass is 10.0. The Bertz CT molecular complexity index is 1170. The summed E-state index contributed by atoms with van der Waals surface area (Å²) in [6, 6.07) is 11.1. The fourth-order valence-corrected chi connectivity index (χ4v) is 4.80. The lowest BCUT2D eigenvalue weighted by Gasteiger charge is -2.37. The molecule has 1 fully saturated rings. The van der Waals surface area contributed by atoms with E-state index in [9.17, 15) is 14.4 Å². The molecule has 0 bridgehead atoms. The predicted molar refractivity (Wildman–Crippen MR) is 133 cm³/mol. The average molecular weight is 494 g/mol. The fraction of sp³-hybridized carbons (Fsp3) is 0.444. The van der Waals surface area contributed by atoms with Crippen LogP contribution in [0.4, 0.5) is 5.69 Å². The molecule has 36 heavy (non-hydrogen) atoms. The maximum absolute atomic E-state index is 13.2. The van der Waals surface area contributed by atoms with Crippen molar-refractivity contribution < 1.29 is 28.6 Å². The molecule has 0 radical (unpaired) electrons. The molecule has 9 nitrogen and oxygen atoms in total. The molecule has 0 saturated carbocycles. The number of ether oxygens (including phenoxy) is 3. The van der Waals surface area contributed by atoms with E-state index in [4.69, 9.17) is 14.2 Å². The Morgan fingerprint density at radius 2 is 1.72 bits per heavy atom. The van der Waals surface area contributed by atoms with Crippen LogP contribution in [0, 0.1) is 0 Å². The van der Waals surface area contributed by atoms with Gasteiger partial charge in [0, 0.05) is 44.7 Å². The first-order chi connectivity index (χ1) is 17.4. The van der Waals surface area contributed by atoms with Gasteiger partial charge in [0.2, 0.25) is 12.7 Å². The highest BCUT2D eigenvalue weighted by Crippen LogP contribution is 2.36. The van der Waals surface area contributed by atoms with Crippen LogP contribution in [0.2, 0.25) is 0 Å². The number of fused-ring (bicyclic) bond motifs is 2. The van der Waals surface area contributed by atoms with Gasteiger partial charge in [-0.1, -0.05) is 13.0 Å². The van der Waals surface area contributed by atoms with E-state index in [0.717, 1.165) is 43.1 Å². The van der Waals surface area contributed by atoms with Crippen LogP contribution in [0.3, 0.4) is 0 Å². The normalized spacial score (nSPS) is 19.2. The quantitative estimate of drug-likeness (QED) is 0.548. The number of Topliss-reactive ketones (excluding diaryl/α,β-unsaturated/α-hetero) is 1. The molecule has 0 N–H and O–H groups in total. The average Bonchev–Trinajstić information content (AvgIpc) is 3.35. The van der Waals surface area contributed by atoms with Crippen LogP contribution in [0.15, 0.2) is 36.4 Å². The summed E-state index contributed by atoms with van der Waals surface area (Å²) < 4.78 is 16.6. The highest BCUT2D eigenvalue weighted by Gasteiger charge is 2.35. The number of anilines is 1. The molecule has 9 heteroatoms. The molecular weight excluding hydrogens is 462 g/mol. The van der Waals surface area contributed by atoms with Gasteiger partial charge in [-0.25, -0.2) is 0 Å². The highest BCUT2D eigenvalue weighted by molar-refractivity contribution is 6.05. The van der Waals surface area contributed by atoms with Crippen molar-refractivity contribution in [3.05, 3.63) is 47.5 Å². The molecule has 3 aliphatic rings. The van der Waals surface area contributed by atoms with E-state index in [-0.39, 0.29) is 30.9 Å². The molecule has 2 aromatic rings. The molecule has 1 saturated heterocycles. The minimum Gasteiger partial charge on any atom is -0.479 e. The van der Waals surface area contributed by atoms with Crippen molar-refractivity contribution in [2.45, 2.75) is 39.3 Å². The van der Waals surface area contributed by atoms with Gasteiger partial charge in [0.25, 0.3) is 5.91 Å². The van der Waals surface area contributed by atoms with Crippen molar-refractivity contribution in [2.24, 2.45) is 0 Å². The van der Waals surface area contributed by atoms with Crippen LogP contribution >= 0.6 is 0 Å². The predicted octanol–water partition coefficient (Wildman–Crippen LogP) is 2.86. The van der Waals surface area contributed by atoms with E-state index in [1.807, 2.05) is 25.1 Å². The zero-order valence-electron chi connectivity index (χ0n) is 20.7. The number of carbonyl (C=O) groups is 3. The summed E-state index contributed by atoms with van der Waals surface area (Å²) in [4.78, 5) is 44.2. The molecule has 190 valence electrons. The second-order valence-electron chi connectivity index (χ2n) is 9.38. The van der Waals surface area contributed by atoms with Crippen molar-refractivity contribution in [3.8, 4) is 17.2 Å². The van der Waals surface area contributed by atoms with Crippen molar-refractivity contribution in [1.29, 1.82) is 0 Å². The van der Waals surface area contributed by atoms with Crippen LogP contribution in [0.5, 0.6) is 17.2 Å². The number of amides is 2. The van der Waals surface area contributed by atoms with Gasteiger partial charge < -0.3 is 19.1 Å². The largest absolute Gasteiger partial charge is 0.479 e. The molecule has 0 aromatic heterocycles. The molecule has 2 amide bonds. The van der Waals surface area contributed by atoms with Crippen LogP contribution in [-0.4, -0.2) is 73.0 Å². The Balaban J connectivity index is 1.22. The topological polar surface area (TPSA) is 88.6 Å². The van der Waals surface area contributed by atoms with Gasteiger partial charge in [-0.2, -0.15) is 0 Å². The molecule has 2 aromatic carbocycles. The van der Waals surface area contributed by atoms with Gasteiger partial charge >= 0.3 is 0 Å². The molecule has 0 spiro atoms. The van der Waals surface area contributed by atoms with Gasteiger partial charge in [-0.3, -0.25) is 24.2 Å². The smallest absolute Gasteiger partial charge is 0.268 e. The van der Waals surface area contributed by atoms with Gasteiger partial charge in [0.05, 0.1) is 5.69 Å². The number of nitrogens with zero attached hydrogens (tertiary/aromatic N) is 3. The van der Waals surface area contributed by atoms with Crippen molar-refractivity contribution in [1.82, 2.24) is 9.80 Å². The third kappa shape index (κ3) is 4.88. The number of carbonyl (C=O) groups excluding carboxylic acids is 3. The summed E-state index contributed by atoms with van der Waals surface area (Å²) in [6.45, 7) is 7.20. The number of rotatable bonds is 7. The zero-order chi connectivity index (χ0) is 25.2. The molecular formula is C27H31N3O6. The minimum atomic E-state index is -0.693. The van der Waals surface area contributed by atoms with E-state index >= 15 is 0 Å². The maximum atomic E-state index is 13.2. The SMILES string of the molecule is CCCC(=O)c1ccc2c(c1)N(CC(=O)N1CCN(Cc3ccc4c(c3)OCO4)CC1)C(=O)C(C)O2. The minimum absolute atomic E-state index is 0.0104. The molecule has 3 aliphatic heterocycles. The second kappa shape index (κ2) is 10.2. The van der Waals surface area contributed by atoms with Gasteiger partial charge in [-0.05, 0) is 49.2 Å². The number of hydrogen-bond acceptors (Lipinski definition) is 7. The lowest BCUT2D eigenvalue weighted by molar-refractivity contribution is -0.134. The molecule has 5 rings (SSSR count). The van der Waals surface area contributed by atoms with E-state index in [1.165, 1.54) is 4.90 Å². The maximum Gasteiger partial charge on any atom is 0.268 e.